The van der Waals surface area contributed by atoms with Gasteiger partial charge in [-0.2, -0.15) is 0 Å². The maximum absolute atomic E-state index is 4.35. The topological polar surface area (TPSA) is 28.2 Å². The summed E-state index contributed by atoms with van der Waals surface area (Å²) in [5, 5.41) is 3.70. The number of thiazole rings is 1. The maximum Gasteiger partial charge on any atom is 0.0798 e. The number of rotatable bonds is 8. The van der Waals surface area contributed by atoms with E-state index < -0.39 is 0 Å². The van der Waals surface area contributed by atoms with E-state index in [9.17, 15) is 0 Å². The zero-order valence-electron chi connectivity index (χ0n) is 14.9. The molecule has 0 unspecified atom stereocenters. The summed E-state index contributed by atoms with van der Waals surface area (Å²) in [6, 6.07) is 0. The Kier molecular flexibility index (Phi) is 6.82. The minimum Gasteiger partial charge on any atom is -0.311 e. The summed E-state index contributed by atoms with van der Waals surface area (Å²) in [5.74, 6) is 0. The molecule has 0 fully saturated rings. The predicted molar refractivity (Wildman–Crippen MR) is 94.0 cm³/mol. The van der Waals surface area contributed by atoms with Crippen LogP contribution in [0, 0.1) is 12.3 Å². The lowest BCUT2D eigenvalue weighted by molar-refractivity contribution is 0.141. The highest BCUT2D eigenvalue weighted by Crippen LogP contribution is 2.28. The molecule has 21 heavy (non-hydrogen) atoms. The van der Waals surface area contributed by atoms with E-state index in [2.05, 4.69) is 63.8 Å². The van der Waals surface area contributed by atoms with Crippen LogP contribution >= 0.6 is 11.3 Å². The quantitative estimate of drug-likeness (QED) is 0.784. The van der Waals surface area contributed by atoms with E-state index in [0.29, 0.717) is 5.41 Å². The molecule has 0 amide bonds. The standard InChI is InChI=1S/C17H33N3S/c1-8-17(9-2,11-19-16(4,5)6)12-20(7)10-15-14(3)18-13-21-15/h13,19H,8-12H2,1-7H3. The van der Waals surface area contributed by atoms with Crippen LogP contribution in [0.25, 0.3) is 0 Å². The first kappa shape index (κ1) is 18.6. The van der Waals surface area contributed by atoms with Gasteiger partial charge in [-0.1, -0.05) is 13.8 Å². The average Bonchev–Trinajstić information content (AvgIpc) is 2.79. The first-order valence-corrected chi connectivity index (χ1v) is 8.92. The van der Waals surface area contributed by atoms with E-state index in [1.165, 1.54) is 23.4 Å². The maximum atomic E-state index is 4.35. The van der Waals surface area contributed by atoms with Crippen molar-refractivity contribution in [1.29, 1.82) is 0 Å². The predicted octanol–water partition coefficient (Wildman–Crippen LogP) is 4.08. The van der Waals surface area contributed by atoms with Crippen molar-refractivity contribution in [2.24, 2.45) is 5.41 Å². The summed E-state index contributed by atoms with van der Waals surface area (Å²) in [5.41, 5.74) is 3.66. The van der Waals surface area contributed by atoms with Gasteiger partial charge >= 0.3 is 0 Å². The number of nitrogens with zero attached hydrogens (tertiary/aromatic N) is 2. The van der Waals surface area contributed by atoms with Gasteiger partial charge in [0.25, 0.3) is 0 Å². The molecule has 1 heterocycles. The monoisotopic (exact) mass is 311 g/mol. The molecule has 1 aromatic rings. The number of hydrogen-bond donors (Lipinski definition) is 1. The summed E-state index contributed by atoms with van der Waals surface area (Å²) >= 11 is 1.77. The Labute approximate surface area is 135 Å². The zero-order chi connectivity index (χ0) is 16.1. The van der Waals surface area contributed by atoms with Crippen LogP contribution in [0.3, 0.4) is 0 Å². The Morgan fingerprint density at radius 2 is 1.86 bits per heavy atom. The molecule has 3 nitrogen and oxygen atoms in total. The van der Waals surface area contributed by atoms with Crippen LogP contribution in [-0.2, 0) is 6.54 Å². The third kappa shape index (κ3) is 6.05. The highest BCUT2D eigenvalue weighted by Gasteiger charge is 2.29. The number of nitrogens with one attached hydrogen (secondary N) is 1. The Morgan fingerprint density at radius 1 is 1.24 bits per heavy atom. The lowest BCUT2D eigenvalue weighted by Crippen LogP contribution is -2.47. The summed E-state index contributed by atoms with van der Waals surface area (Å²) in [6.07, 6.45) is 2.41. The molecule has 0 aliphatic heterocycles. The van der Waals surface area contributed by atoms with E-state index in [1.54, 1.807) is 11.3 Å². The third-order valence-electron chi connectivity index (χ3n) is 4.36. The summed E-state index contributed by atoms with van der Waals surface area (Å²) in [4.78, 5) is 8.20. The van der Waals surface area contributed by atoms with Gasteiger partial charge < -0.3 is 10.2 Å². The van der Waals surface area contributed by atoms with Crippen LogP contribution < -0.4 is 5.32 Å². The zero-order valence-corrected chi connectivity index (χ0v) is 15.7. The van der Waals surface area contributed by atoms with Gasteiger partial charge in [0.2, 0.25) is 0 Å². The van der Waals surface area contributed by atoms with E-state index in [0.717, 1.165) is 19.6 Å². The van der Waals surface area contributed by atoms with Gasteiger partial charge in [-0.25, -0.2) is 4.98 Å². The Morgan fingerprint density at radius 3 is 2.29 bits per heavy atom. The summed E-state index contributed by atoms with van der Waals surface area (Å²) < 4.78 is 0. The smallest absolute Gasteiger partial charge is 0.0798 e. The second kappa shape index (κ2) is 7.70. The SMILES string of the molecule is CCC(CC)(CNC(C)(C)C)CN(C)Cc1scnc1C. The highest BCUT2D eigenvalue weighted by molar-refractivity contribution is 7.09. The second-order valence-electron chi connectivity index (χ2n) is 7.34. The van der Waals surface area contributed by atoms with Crippen molar-refractivity contribution in [3.63, 3.8) is 0 Å². The van der Waals surface area contributed by atoms with Crippen molar-refractivity contribution in [2.45, 2.75) is 66.5 Å². The first-order chi connectivity index (χ1) is 9.71. The van der Waals surface area contributed by atoms with Gasteiger partial charge in [0, 0.05) is 30.1 Å². The molecule has 0 saturated heterocycles. The minimum absolute atomic E-state index is 0.183. The van der Waals surface area contributed by atoms with Gasteiger partial charge in [-0.05, 0) is 53.0 Å². The average molecular weight is 312 g/mol. The van der Waals surface area contributed by atoms with Crippen molar-refractivity contribution >= 4 is 11.3 Å². The fraction of sp³-hybridized carbons (Fsp3) is 0.824. The molecule has 1 N–H and O–H groups in total. The molecular weight excluding hydrogens is 278 g/mol. The molecule has 0 spiro atoms. The molecule has 0 atom stereocenters. The second-order valence-corrected chi connectivity index (χ2v) is 8.28. The van der Waals surface area contributed by atoms with Crippen LogP contribution in [0.4, 0.5) is 0 Å². The minimum atomic E-state index is 0.183. The molecule has 0 radical (unpaired) electrons. The summed E-state index contributed by atoms with van der Waals surface area (Å²) in [7, 11) is 2.23. The molecule has 0 aromatic carbocycles. The third-order valence-corrected chi connectivity index (χ3v) is 5.28. The summed E-state index contributed by atoms with van der Waals surface area (Å²) in [6.45, 7) is 16.7. The fourth-order valence-electron chi connectivity index (χ4n) is 2.58. The number of aryl methyl sites for hydroxylation is 1. The molecule has 4 heteroatoms. The largest absolute Gasteiger partial charge is 0.311 e. The molecule has 122 valence electrons. The van der Waals surface area contributed by atoms with Gasteiger partial charge in [-0.15, -0.1) is 11.3 Å². The molecule has 1 rings (SSSR count). The van der Waals surface area contributed by atoms with E-state index in [1.807, 2.05) is 5.51 Å². The van der Waals surface area contributed by atoms with Crippen molar-refractivity contribution < 1.29 is 0 Å². The lowest BCUT2D eigenvalue weighted by Gasteiger charge is -2.38. The van der Waals surface area contributed by atoms with Crippen molar-refractivity contribution in [3.8, 4) is 0 Å². The van der Waals surface area contributed by atoms with Crippen LogP contribution in [0.15, 0.2) is 5.51 Å². The Bertz CT molecular complexity index is 416. The molecule has 0 aliphatic rings. The van der Waals surface area contributed by atoms with Crippen molar-refractivity contribution in [1.82, 2.24) is 15.2 Å². The normalized spacial score (nSPS) is 13.1. The van der Waals surface area contributed by atoms with Crippen LogP contribution in [0.5, 0.6) is 0 Å². The van der Waals surface area contributed by atoms with Crippen molar-refractivity contribution in [3.05, 3.63) is 16.1 Å². The van der Waals surface area contributed by atoms with Crippen LogP contribution in [0.1, 0.15) is 58.0 Å². The Balaban J connectivity index is 2.66. The van der Waals surface area contributed by atoms with Crippen molar-refractivity contribution in [2.75, 3.05) is 20.1 Å². The molecule has 1 aromatic heterocycles. The van der Waals surface area contributed by atoms with Gasteiger partial charge in [-0.3, -0.25) is 0 Å². The molecular formula is C17H33N3S. The molecule has 0 bridgehead atoms. The van der Waals surface area contributed by atoms with Crippen LogP contribution in [0.2, 0.25) is 0 Å². The van der Waals surface area contributed by atoms with E-state index in [-0.39, 0.29) is 5.54 Å². The van der Waals surface area contributed by atoms with E-state index >= 15 is 0 Å². The van der Waals surface area contributed by atoms with Gasteiger partial charge in [0.05, 0.1) is 11.2 Å². The first-order valence-electron chi connectivity index (χ1n) is 8.04. The van der Waals surface area contributed by atoms with Crippen LogP contribution in [-0.4, -0.2) is 35.6 Å². The number of hydrogen-bond acceptors (Lipinski definition) is 4. The lowest BCUT2D eigenvalue weighted by atomic mass is 9.81. The Hall–Kier alpha value is -0.450. The van der Waals surface area contributed by atoms with Gasteiger partial charge in [0.1, 0.15) is 0 Å². The van der Waals surface area contributed by atoms with E-state index in [4.69, 9.17) is 0 Å². The molecule has 0 saturated carbocycles. The molecule has 0 aliphatic carbocycles. The van der Waals surface area contributed by atoms with Gasteiger partial charge in [0.15, 0.2) is 0 Å². The fourth-order valence-corrected chi connectivity index (χ4v) is 3.44. The number of aromatic nitrogens is 1. The highest BCUT2D eigenvalue weighted by atomic mass is 32.1.